The molecule has 0 bridgehead atoms. The molecule has 2 rings (SSSR count). The lowest BCUT2D eigenvalue weighted by Crippen LogP contribution is -2.40. The fourth-order valence-corrected chi connectivity index (χ4v) is 3.17. The SMILES string of the molecule is C[C@H](NS(=O)(=O)c1ccc2c(c1)OCCCO2)C(=O)O[C@@H](C)C#N. The van der Waals surface area contributed by atoms with Crippen LogP contribution in [0.1, 0.15) is 20.3 Å². The fraction of sp³-hybridized carbons (Fsp3) is 0.467. The Balaban J connectivity index is 2.14. The van der Waals surface area contributed by atoms with Gasteiger partial charge in [0.15, 0.2) is 17.6 Å². The van der Waals surface area contributed by atoms with Crippen LogP contribution in [0.5, 0.6) is 11.5 Å². The van der Waals surface area contributed by atoms with E-state index in [9.17, 15) is 13.2 Å². The third-order valence-corrected chi connectivity index (χ3v) is 4.73. The smallest absolute Gasteiger partial charge is 0.325 e. The third kappa shape index (κ3) is 4.37. The van der Waals surface area contributed by atoms with Crippen LogP contribution in [0.25, 0.3) is 0 Å². The van der Waals surface area contributed by atoms with E-state index in [4.69, 9.17) is 19.5 Å². The topological polar surface area (TPSA) is 115 Å². The molecule has 2 atom stereocenters. The number of carbonyl (C=O) groups is 1. The number of nitrogens with zero attached hydrogens (tertiary/aromatic N) is 1. The summed E-state index contributed by atoms with van der Waals surface area (Å²) in [7, 11) is -3.96. The summed E-state index contributed by atoms with van der Waals surface area (Å²) in [5.41, 5.74) is 0. The highest BCUT2D eigenvalue weighted by Crippen LogP contribution is 2.31. The summed E-state index contributed by atoms with van der Waals surface area (Å²) in [5, 5.41) is 8.62. The average Bonchev–Trinajstić information content (AvgIpc) is 2.78. The van der Waals surface area contributed by atoms with E-state index in [0.29, 0.717) is 31.1 Å². The number of carbonyl (C=O) groups excluding carboxylic acids is 1. The number of hydrogen-bond acceptors (Lipinski definition) is 7. The van der Waals surface area contributed by atoms with Crippen LogP contribution in [0.4, 0.5) is 0 Å². The maximum atomic E-state index is 12.4. The third-order valence-electron chi connectivity index (χ3n) is 3.19. The van der Waals surface area contributed by atoms with Crippen molar-refractivity contribution in [1.29, 1.82) is 5.26 Å². The highest BCUT2D eigenvalue weighted by atomic mass is 32.2. The second kappa shape index (κ2) is 7.51. The molecule has 0 saturated heterocycles. The summed E-state index contributed by atoms with van der Waals surface area (Å²) in [5.74, 6) is -0.0209. The van der Waals surface area contributed by atoms with Crippen LogP contribution in [0.2, 0.25) is 0 Å². The molecule has 0 radical (unpaired) electrons. The van der Waals surface area contributed by atoms with Crippen molar-refractivity contribution in [2.24, 2.45) is 0 Å². The molecule has 8 nitrogen and oxygen atoms in total. The molecule has 1 aromatic rings. The van der Waals surface area contributed by atoms with Crippen LogP contribution in [-0.4, -0.2) is 39.7 Å². The zero-order valence-electron chi connectivity index (χ0n) is 13.3. The number of hydrogen-bond donors (Lipinski definition) is 1. The van der Waals surface area contributed by atoms with Gasteiger partial charge in [0.2, 0.25) is 10.0 Å². The molecular weight excluding hydrogens is 336 g/mol. The number of nitrogens with one attached hydrogen (secondary N) is 1. The molecule has 130 valence electrons. The first kappa shape index (κ1) is 18.0. The minimum Gasteiger partial charge on any atom is -0.490 e. The van der Waals surface area contributed by atoms with E-state index in [2.05, 4.69) is 4.72 Å². The molecule has 0 aromatic heterocycles. The second-order valence-corrected chi connectivity index (χ2v) is 6.92. The summed E-state index contributed by atoms with van der Waals surface area (Å²) in [6, 6.07) is 4.82. The maximum absolute atomic E-state index is 12.4. The number of fused-ring (bicyclic) bond motifs is 1. The van der Waals surface area contributed by atoms with E-state index in [-0.39, 0.29) is 4.90 Å². The molecular formula is C15H18N2O6S. The van der Waals surface area contributed by atoms with Gasteiger partial charge < -0.3 is 14.2 Å². The predicted octanol–water partition coefficient (Wildman–Crippen LogP) is 0.970. The number of sulfonamides is 1. The van der Waals surface area contributed by atoms with Gasteiger partial charge in [-0.1, -0.05) is 0 Å². The van der Waals surface area contributed by atoms with Crippen molar-refractivity contribution in [3.63, 3.8) is 0 Å². The Morgan fingerprint density at radius 3 is 2.62 bits per heavy atom. The van der Waals surface area contributed by atoms with Gasteiger partial charge >= 0.3 is 5.97 Å². The number of rotatable bonds is 5. The van der Waals surface area contributed by atoms with Gasteiger partial charge in [-0.2, -0.15) is 9.98 Å². The fourth-order valence-electron chi connectivity index (χ4n) is 1.96. The number of ether oxygens (including phenoxy) is 3. The van der Waals surface area contributed by atoms with Crippen LogP contribution in [-0.2, 0) is 19.6 Å². The van der Waals surface area contributed by atoms with Gasteiger partial charge in [0.05, 0.1) is 18.1 Å². The molecule has 0 aliphatic carbocycles. The van der Waals surface area contributed by atoms with Gasteiger partial charge in [-0.05, 0) is 26.0 Å². The Morgan fingerprint density at radius 1 is 1.29 bits per heavy atom. The average molecular weight is 354 g/mol. The summed E-state index contributed by atoms with van der Waals surface area (Å²) >= 11 is 0. The number of benzene rings is 1. The van der Waals surface area contributed by atoms with Crippen LogP contribution in [0, 0.1) is 11.3 Å². The van der Waals surface area contributed by atoms with E-state index < -0.39 is 28.1 Å². The lowest BCUT2D eigenvalue weighted by molar-refractivity contribution is -0.147. The molecule has 24 heavy (non-hydrogen) atoms. The van der Waals surface area contributed by atoms with Crippen molar-refractivity contribution in [2.45, 2.75) is 37.3 Å². The molecule has 1 heterocycles. The van der Waals surface area contributed by atoms with Gasteiger partial charge in [0.25, 0.3) is 0 Å². The molecule has 1 N–H and O–H groups in total. The van der Waals surface area contributed by atoms with Crippen molar-refractivity contribution in [1.82, 2.24) is 4.72 Å². The van der Waals surface area contributed by atoms with Crippen LogP contribution in [0.15, 0.2) is 23.1 Å². The van der Waals surface area contributed by atoms with Gasteiger partial charge in [-0.25, -0.2) is 8.42 Å². The largest absolute Gasteiger partial charge is 0.490 e. The first-order chi connectivity index (χ1) is 11.3. The lowest BCUT2D eigenvalue weighted by atomic mass is 10.3. The molecule has 0 spiro atoms. The molecule has 1 aliphatic heterocycles. The summed E-state index contributed by atoms with van der Waals surface area (Å²) in [6.07, 6.45) is -0.253. The van der Waals surface area contributed by atoms with Crippen LogP contribution < -0.4 is 14.2 Å². The van der Waals surface area contributed by atoms with Gasteiger partial charge in [-0.15, -0.1) is 0 Å². The van der Waals surface area contributed by atoms with Crippen LogP contribution >= 0.6 is 0 Å². The minimum atomic E-state index is -3.96. The van der Waals surface area contributed by atoms with Crippen LogP contribution in [0.3, 0.4) is 0 Å². The zero-order chi connectivity index (χ0) is 17.7. The van der Waals surface area contributed by atoms with E-state index >= 15 is 0 Å². The normalized spacial score (nSPS) is 16.4. The Kier molecular flexibility index (Phi) is 5.64. The Morgan fingerprint density at radius 2 is 1.96 bits per heavy atom. The highest BCUT2D eigenvalue weighted by Gasteiger charge is 2.25. The highest BCUT2D eigenvalue weighted by molar-refractivity contribution is 7.89. The Hall–Kier alpha value is -2.31. The number of esters is 1. The molecule has 0 fully saturated rings. The number of nitriles is 1. The molecule has 0 saturated carbocycles. The maximum Gasteiger partial charge on any atom is 0.325 e. The van der Waals surface area contributed by atoms with E-state index in [1.165, 1.54) is 32.0 Å². The molecule has 1 aliphatic rings. The lowest BCUT2D eigenvalue weighted by Gasteiger charge is -2.15. The van der Waals surface area contributed by atoms with Crippen molar-refractivity contribution in [3.05, 3.63) is 18.2 Å². The predicted molar refractivity (Wildman–Crippen MR) is 83.0 cm³/mol. The van der Waals surface area contributed by atoms with Crippen molar-refractivity contribution >= 4 is 16.0 Å². The summed E-state index contributed by atoms with van der Waals surface area (Å²) in [4.78, 5) is 11.7. The quantitative estimate of drug-likeness (QED) is 0.783. The first-order valence-electron chi connectivity index (χ1n) is 7.35. The first-order valence-corrected chi connectivity index (χ1v) is 8.84. The standard InChI is InChI=1S/C15H18N2O6S/c1-10(9-16)23-15(18)11(2)17-24(19,20)12-4-5-13-14(8-12)22-7-3-6-21-13/h4-5,8,10-11,17H,3,6-7H2,1-2H3/t10-,11-/m0/s1. The molecule has 0 amide bonds. The van der Waals surface area contributed by atoms with Gasteiger partial charge in [0.1, 0.15) is 12.1 Å². The minimum absolute atomic E-state index is 0.0558. The molecule has 0 unspecified atom stereocenters. The van der Waals surface area contributed by atoms with Crippen molar-refractivity contribution < 1.29 is 27.4 Å². The summed E-state index contributed by atoms with van der Waals surface area (Å²) < 4.78 is 42.7. The summed E-state index contributed by atoms with van der Waals surface area (Å²) in [6.45, 7) is 3.66. The zero-order valence-corrected chi connectivity index (χ0v) is 14.1. The van der Waals surface area contributed by atoms with E-state index in [1.807, 2.05) is 0 Å². The van der Waals surface area contributed by atoms with E-state index in [0.717, 1.165) is 0 Å². The van der Waals surface area contributed by atoms with Gasteiger partial charge in [-0.3, -0.25) is 4.79 Å². The Bertz CT molecular complexity index is 756. The monoisotopic (exact) mass is 354 g/mol. The van der Waals surface area contributed by atoms with Crippen molar-refractivity contribution in [2.75, 3.05) is 13.2 Å². The van der Waals surface area contributed by atoms with E-state index in [1.54, 1.807) is 6.07 Å². The molecule has 1 aromatic carbocycles. The Labute approximate surface area is 140 Å². The molecule has 9 heteroatoms. The van der Waals surface area contributed by atoms with Crippen molar-refractivity contribution in [3.8, 4) is 17.6 Å². The second-order valence-electron chi connectivity index (χ2n) is 5.21. The van der Waals surface area contributed by atoms with Gasteiger partial charge in [0, 0.05) is 12.5 Å².